The summed E-state index contributed by atoms with van der Waals surface area (Å²) in [6, 6.07) is 10.7. The molecule has 7 heteroatoms. The van der Waals surface area contributed by atoms with E-state index in [-0.39, 0.29) is 12.5 Å². The molecular weight excluding hydrogens is 396 g/mol. The van der Waals surface area contributed by atoms with Crippen LogP contribution in [0.25, 0.3) is 0 Å². The quantitative estimate of drug-likeness (QED) is 0.734. The molecule has 1 unspecified atom stereocenters. The third kappa shape index (κ3) is 4.58. The van der Waals surface area contributed by atoms with Gasteiger partial charge in [0.15, 0.2) is 5.69 Å². The number of amides is 1. The minimum Gasteiger partial charge on any atom is -0.395 e. The Balaban J connectivity index is 1.57. The number of fused-ring (bicyclic) bond motifs is 1. The monoisotopic (exact) mass is 428 g/mol. The van der Waals surface area contributed by atoms with Crippen molar-refractivity contribution in [3.8, 4) is 0 Å². The molecule has 162 valence electrons. The summed E-state index contributed by atoms with van der Waals surface area (Å²) in [4.78, 5) is 17.6. The Kier molecular flexibility index (Phi) is 7.12. The number of carbonyl (C=O) groups is 1. The first-order chi connectivity index (χ1) is 14.7. The molecule has 0 spiro atoms. The molecule has 0 bridgehead atoms. The van der Waals surface area contributed by atoms with Crippen LogP contribution in [0.2, 0.25) is 0 Å². The van der Waals surface area contributed by atoms with Gasteiger partial charge in [-0.15, -0.1) is 0 Å². The van der Waals surface area contributed by atoms with E-state index in [0.717, 1.165) is 62.5 Å². The normalized spacial score (nSPS) is 19.2. The van der Waals surface area contributed by atoms with Crippen LogP contribution < -0.4 is 0 Å². The molecule has 2 aromatic rings. The molecule has 1 atom stereocenters. The van der Waals surface area contributed by atoms with Crippen LogP contribution in [0.3, 0.4) is 0 Å². The van der Waals surface area contributed by atoms with Crippen LogP contribution in [-0.4, -0.2) is 74.4 Å². The fourth-order valence-corrected chi connectivity index (χ4v) is 5.57. The van der Waals surface area contributed by atoms with Crippen molar-refractivity contribution >= 4 is 17.7 Å². The van der Waals surface area contributed by atoms with Crippen LogP contribution in [0, 0.1) is 0 Å². The van der Waals surface area contributed by atoms with E-state index in [2.05, 4.69) is 36.1 Å². The summed E-state index contributed by atoms with van der Waals surface area (Å²) < 4.78 is 2.03. The molecular formula is C23H32N4O2S. The second-order valence-electron chi connectivity index (χ2n) is 8.07. The Morgan fingerprint density at radius 2 is 2.03 bits per heavy atom. The molecule has 0 radical (unpaired) electrons. The average Bonchev–Trinajstić information content (AvgIpc) is 3.17. The second kappa shape index (κ2) is 9.98. The van der Waals surface area contributed by atoms with Crippen molar-refractivity contribution in [3.05, 3.63) is 52.8 Å². The van der Waals surface area contributed by atoms with Gasteiger partial charge in [0.2, 0.25) is 0 Å². The van der Waals surface area contributed by atoms with Gasteiger partial charge in [-0.3, -0.25) is 14.4 Å². The average molecular weight is 429 g/mol. The summed E-state index contributed by atoms with van der Waals surface area (Å²) in [6.07, 6.45) is 2.78. The molecule has 6 nitrogen and oxygen atoms in total. The first kappa shape index (κ1) is 21.4. The standard InChI is InChI=1S/C23H32N4O2S/c1-2-27-21-9-8-19(26(10-13-28)17-18-6-4-3-5-7-18)16-20(21)22(24-27)23(29)25-11-14-30-15-12-25/h3-7,19,28H,2,8-17H2,1H3. The van der Waals surface area contributed by atoms with Crippen LogP contribution in [0.1, 0.15) is 40.7 Å². The molecule has 1 N–H and O–H groups in total. The second-order valence-corrected chi connectivity index (χ2v) is 9.30. The molecule has 1 fully saturated rings. The minimum absolute atomic E-state index is 0.0937. The maximum atomic E-state index is 13.3. The molecule has 1 aliphatic carbocycles. The van der Waals surface area contributed by atoms with Gasteiger partial charge in [-0.2, -0.15) is 16.9 Å². The predicted octanol–water partition coefficient (Wildman–Crippen LogP) is 2.44. The molecule has 1 aliphatic heterocycles. The zero-order valence-corrected chi connectivity index (χ0v) is 18.6. The van der Waals surface area contributed by atoms with Gasteiger partial charge < -0.3 is 10.0 Å². The largest absolute Gasteiger partial charge is 0.395 e. The number of aliphatic hydroxyl groups is 1. The van der Waals surface area contributed by atoms with Crippen LogP contribution in [0.5, 0.6) is 0 Å². The van der Waals surface area contributed by atoms with Gasteiger partial charge in [0.1, 0.15) is 0 Å². The van der Waals surface area contributed by atoms with Gasteiger partial charge in [-0.25, -0.2) is 0 Å². The van der Waals surface area contributed by atoms with Gasteiger partial charge in [0.05, 0.1) is 6.61 Å². The molecule has 1 amide bonds. The van der Waals surface area contributed by atoms with Crippen LogP contribution in [-0.2, 0) is 25.9 Å². The highest BCUT2D eigenvalue weighted by atomic mass is 32.2. The smallest absolute Gasteiger partial charge is 0.274 e. The number of nitrogens with zero attached hydrogens (tertiary/aromatic N) is 4. The SMILES string of the molecule is CCn1nc(C(=O)N2CCSCC2)c2c1CCC(N(CCO)Cc1ccccc1)C2. The van der Waals surface area contributed by atoms with Crippen LogP contribution in [0.15, 0.2) is 30.3 Å². The van der Waals surface area contributed by atoms with E-state index in [1.807, 2.05) is 27.4 Å². The van der Waals surface area contributed by atoms with Crippen LogP contribution in [0.4, 0.5) is 0 Å². The Morgan fingerprint density at radius 3 is 2.73 bits per heavy atom. The number of aliphatic hydroxyl groups excluding tert-OH is 1. The van der Waals surface area contributed by atoms with E-state index in [9.17, 15) is 9.90 Å². The van der Waals surface area contributed by atoms with Crippen molar-refractivity contribution in [2.24, 2.45) is 0 Å². The van der Waals surface area contributed by atoms with E-state index < -0.39 is 0 Å². The van der Waals surface area contributed by atoms with Gasteiger partial charge in [0.25, 0.3) is 5.91 Å². The number of hydrogen-bond donors (Lipinski definition) is 1. The van der Waals surface area contributed by atoms with Crippen molar-refractivity contribution < 1.29 is 9.90 Å². The van der Waals surface area contributed by atoms with Gasteiger partial charge in [-0.1, -0.05) is 30.3 Å². The molecule has 1 aromatic heterocycles. The van der Waals surface area contributed by atoms with E-state index in [0.29, 0.717) is 18.3 Å². The summed E-state index contributed by atoms with van der Waals surface area (Å²) in [5, 5.41) is 14.4. The highest BCUT2D eigenvalue weighted by molar-refractivity contribution is 7.99. The maximum Gasteiger partial charge on any atom is 0.274 e. The number of rotatable bonds is 7. The Bertz CT molecular complexity index is 848. The number of hydrogen-bond acceptors (Lipinski definition) is 5. The predicted molar refractivity (Wildman–Crippen MR) is 121 cm³/mol. The number of aryl methyl sites for hydroxylation is 1. The zero-order chi connectivity index (χ0) is 20.9. The van der Waals surface area contributed by atoms with E-state index in [1.54, 1.807) is 0 Å². The van der Waals surface area contributed by atoms with Crippen molar-refractivity contribution in [3.63, 3.8) is 0 Å². The molecule has 1 aromatic carbocycles. The van der Waals surface area contributed by atoms with Crippen molar-refractivity contribution in [2.75, 3.05) is 37.7 Å². The summed E-state index contributed by atoms with van der Waals surface area (Å²) in [6.45, 7) is 6.11. The highest BCUT2D eigenvalue weighted by Gasteiger charge is 2.33. The van der Waals surface area contributed by atoms with E-state index in [4.69, 9.17) is 5.10 Å². The van der Waals surface area contributed by atoms with Gasteiger partial charge >= 0.3 is 0 Å². The van der Waals surface area contributed by atoms with Crippen molar-refractivity contribution in [1.29, 1.82) is 0 Å². The van der Waals surface area contributed by atoms with Crippen molar-refractivity contribution in [2.45, 2.75) is 45.3 Å². The lowest BCUT2D eigenvalue weighted by Gasteiger charge is -2.34. The first-order valence-corrected chi connectivity index (χ1v) is 12.2. The fraction of sp³-hybridized carbons (Fsp3) is 0.565. The molecule has 0 saturated carbocycles. The van der Waals surface area contributed by atoms with Gasteiger partial charge in [0, 0.05) is 61.5 Å². The lowest BCUT2D eigenvalue weighted by atomic mass is 9.89. The molecule has 4 rings (SSSR count). The first-order valence-electron chi connectivity index (χ1n) is 11.1. The summed E-state index contributed by atoms with van der Waals surface area (Å²) in [7, 11) is 0. The van der Waals surface area contributed by atoms with Crippen LogP contribution >= 0.6 is 11.8 Å². The lowest BCUT2D eigenvalue weighted by molar-refractivity contribution is 0.0762. The topological polar surface area (TPSA) is 61.6 Å². The molecule has 2 heterocycles. The van der Waals surface area contributed by atoms with Crippen molar-refractivity contribution in [1.82, 2.24) is 19.6 Å². The minimum atomic E-state index is 0.0937. The third-order valence-electron chi connectivity index (χ3n) is 6.25. The molecule has 30 heavy (non-hydrogen) atoms. The summed E-state index contributed by atoms with van der Waals surface area (Å²) in [5.41, 5.74) is 4.27. The summed E-state index contributed by atoms with van der Waals surface area (Å²) >= 11 is 1.91. The number of benzene rings is 1. The highest BCUT2D eigenvalue weighted by Crippen LogP contribution is 2.29. The Labute approximate surface area is 183 Å². The maximum absolute atomic E-state index is 13.3. The Morgan fingerprint density at radius 1 is 1.27 bits per heavy atom. The zero-order valence-electron chi connectivity index (χ0n) is 17.8. The fourth-order valence-electron chi connectivity index (χ4n) is 4.67. The Hall–Kier alpha value is -1.83. The number of aromatic nitrogens is 2. The van der Waals surface area contributed by atoms with E-state index >= 15 is 0 Å². The lowest BCUT2D eigenvalue weighted by Crippen LogP contribution is -2.42. The van der Waals surface area contributed by atoms with Gasteiger partial charge in [-0.05, 0) is 31.7 Å². The summed E-state index contributed by atoms with van der Waals surface area (Å²) in [5.74, 6) is 2.11. The number of carbonyl (C=O) groups excluding carboxylic acids is 1. The van der Waals surface area contributed by atoms with E-state index in [1.165, 1.54) is 11.3 Å². The molecule has 1 saturated heterocycles. The third-order valence-corrected chi connectivity index (χ3v) is 7.20. The number of thioether (sulfide) groups is 1. The molecule has 2 aliphatic rings.